The first-order chi connectivity index (χ1) is 9.12. The molecule has 0 saturated carbocycles. The Kier molecular flexibility index (Phi) is 5.10. The Hall–Kier alpha value is -1.63. The van der Waals surface area contributed by atoms with Gasteiger partial charge in [0.15, 0.2) is 0 Å². The van der Waals surface area contributed by atoms with Crippen molar-refractivity contribution in [3.8, 4) is 0 Å². The molecule has 0 amide bonds. The summed E-state index contributed by atoms with van der Waals surface area (Å²) >= 11 is 0. The summed E-state index contributed by atoms with van der Waals surface area (Å²) in [4.78, 5) is 10.9. The van der Waals surface area contributed by atoms with Crippen LogP contribution < -0.4 is 5.32 Å². The Balaban J connectivity index is 2.89. The molecular weight excluding hydrogens is 278 g/mol. The van der Waals surface area contributed by atoms with E-state index in [-0.39, 0.29) is 18.0 Å². The molecule has 7 heteroatoms. The van der Waals surface area contributed by atoms with Crippen molar-refractivity contribution >= 4 is 5.97 Å². The third kappa shape index (κ3) is 4.19. The maximum Gasteiger partial charge on any atom is 0.416 e. The standard InChI is InChI=1S/C13H15F4NO2/c1-7(2)11(12(19)20)18-6-8-5-9(13(15,16)17)3-4-10(8)14/h3-5,7,11,18H,6H2,1-2H3,(H,19,20)/t11-/m1/s1. The molecule has 1 aromatic carbocycles. The van der Waals surface area contributed by atoms with Crippen LogP contribution in [0.5, 0.6) is 0 Å². The average molecular weight is 293 g/mol. The summed E-state index contributed by atoms with van der Waals surface area (Å²) in [5, 5.41) is 11.5. The molecule has 0 aliphatic rings. The predicted octanol–water partition coefficient (Wildman–Crippen LogP) is 3.04. The van der Waals surface area contributed by atoms with Crippen LogP contribution in [0, 0.1) is 11.7 Å². The van der Waals surface area contributed by atoms with Gasteiger partial charge in [-0.3, -0.25) is 10.1 Å². The highest BCUT2D eigenvalue weighted by molar-refractivity contribution is 5.73. The number of halogens is 4. The van der Waals surface area contributed by atoms with Crippen molar-refractivity contribution in [2.45, 2.75) is 32.6 Å². The van der Waals surface area contributed by atoms with Crippen molar-refractivity contribution in [2.24, 2.45) is 5.92 Å². The van der Waals surface area contributed by atoms with Crippen molar-refractivity contribution in [3.63, 3.8) is 0 Å². The summed E-state index contributed by atoms with van der Waals surface area (Å²) < 4.78 is 51.0. The average Bonchev–Trinajstić information content (AvgIpc) is 2.29. The number of hydrogen-bond acceptors (Lipinski definition) is 2. The first kappa shape index (κ1) is 16.4. The largest absolute Gasteiger partial charge is 0.480 e. The highest BCUT2D eigenvalue weighted by Gasteiger charge is 2.31. The maximum atomic E-state index is 13.5. The van der Waals surface area contributed by atoms with Gasteiger partial charge in [-0.05, 0) is 24.1 Å². The van der Waals surface area contributed by atoms with Gasteiger partial charge in [-0.2, -0.15) is 13.2 Å². The van der Waals surface area contributed by atoms with Gasteiger partial charge in [0.2, 0.25) is 0 Å². The monoisotopic (exact) mass is 293 g/mol. The van der Waals surface area contributed by atoms with Crippen LogP contribution in [-0.2, 0) is 17.5 Å². The number of carbonyl (C=O) groups is 1. The second kappa shape index (κ2) is 6.21. The third-order valence-electron chi connectivity index (χ3n) is 2.82. The molecule has 112 valence electrons. The summed E-state index contributed by atoms with van der Waals surface area (Å²) in [5.74, 6) is -2.22. The number of hydrogen-bond donors (Lipinski definition) is 2. The fourth-order valence-corrected chi connectivity index (χ4v) is 1.71. The molecule has 0 aliphatic carbocycles. The Bertz CT molecular complexity index is 486. The molecule has 3 nitrogen and oxygen atoms in total. The van der Waals surface area contributed by atoms with E-state index in [0.717, 1.165) is 6.07 Å². The van der Waals surface area contributed by atoms with Crippen LogP contribution in [0.2, 0.25) is 0 Å². The van der Waals surface area contributed by atoms with Crippen LogP contribution in [0.4, 0.5) is 17.6 Å². The number of carboxylic acids is 1. The molecule has 0 radical (unpaired) electrons. The second-order valence-electron chi connectivity index (χ2n) is 4.74. The normalized spacial score (nSPS) is 13.6. The zero-order chi connectivity index (χ0) is 15.5. The Morgan fingerprint density at radius 3 is 2.40 bits per heavy atom. The summed E-state index contributed by atoms with van der Waals surface area (Å²) in [5.41, 5.74) is -1.18. The number of aliphatic carboxylic acids is 1. The van der Waals surface area contributed by atoms with Gasteiger partial charge in [-0.1, -0.05) is 13.8 Å². The molecule has 0 fully saturated rings. The maximum absolute atomic E-state index is 13.5. The van der Waals surface area contributed by atoms with E-state index >= 15 is 0 Å². The zero-order valence-corrected chi connectivity index (χ0v) is 11.0. The second-order valence-corrected chi connectivity index (χ2v) is 4.74. The summed E-state index contributed by atoms with van der Waals surface area (Å²) in [6.45, 7) is 3.01. The molecule has 0 aromatic heterocycles. The van der Waals surface area contributed by atoms with Gasteiger partial charge in [-0.25, -0.2) is 4.39 Å². The SMILES string of the molecule is CC(C)[C@@H](NCc1cc(C(F)(F)F)ccc1F)C(=O)O. The number of benzene rings is 1. The van der Waals surface area contributed by atoms with Crippen LogP contribution in [0.3, 0.4) is 0 Å². The lowest BCUT2D eigenvalue weighted by molar-refractivity contribution is -0.141. The van der Waals surface area contributed by atoms with Gasteiger partial charge < -0.3 is 5.11 Å². The molecule has 0 aliphatic heterocycles. The van der Waals surface area contributed by atoms with Crippen molar-refractivity contribution in [3.05, 3.63) is 35.1 Å². The van der Waals surface area contributed by atoms with E-state index in [4.69, 9.17) is 5.11 Å². The Morgan fingerprint density at radius 2 is 1.95 bits per heavy atom. The number of carboxylic acid groups (broad SMARTS) is 1. The molecule has 20 heavy (non-hydrogen) atoms. The van der Waals surface area contributed by atoms with Crippen LogP contribution in [0.1, 0.15) is 25.0 Å². The molecule has 2 N–H and O–H groups in total. The molecule has 1 aromatic rings. The van der Waals surface area contributed by atoms with Gasteiger partial charge in [0, 0.05) is 12.1 Å². The van der Waals surface area contributed by atoms with E-state index in [9.17, 15) is 22.4 Å². The number of alkyl halides is 3. The molecule has 0 unspecified atom stereocenters. The smallest absolute Gasteiger partial charge is 0.416 e. The van der Waals surface area contributed by atoms with Crippen molar-refractivity contribution in [2.75, 3.05) is 0 Å². The fraction of sp³-hybridized carbons (Fsp3) is 0.462. The van der Waals surface area contributed by atoms with E-state index < -0.39 is 29.6 Å². The highest BCUT2D eigenvalue weighted by Crippen LogP contribution is 2.30. The van der Waals surface area contributed by atoms with Crippen molar-refractivity contribution < 1.29 is 27.5 Å². The van der Waals surface area contributed by atoms with E-state index in [1.54, 1.807) is 13.8 Å². The minimum Gasteiger partial charge on any atom is -0.480 e. The number of rotatable bonds is 5. The molecule has 0 heterocycles. The lowest BCUT2D eigenvalue weighted by Crippen LogP contribution is -2.40. The Morgan fingerprint density at radius 1 is 1.35 bits per heavy atom. The van der Waals surface area contributed by atoms with Gasteiger partial charge in [-0.15, -0.1) is 0 Å². The van der Waals surface area contributed by atoms with Crippen LogP contribution in [0.25, 0.3) is 0 Å². The summed E-state index contributed by atoms with van der Waals surface area (Å²) in [6, 6.07) is 1.10. The van der Waals surface area contributed by atoms with Gasteiger partial charge in [0.25, 0.3) is 0 Å². The highest BCUT2D eigenvalue weighted by atomic mass is 19.4. The van der Waals surface area contributed by atoms with Crippen LogP contribution >= 0.6 is 0 Å². The lowest BCUT2D eigenvalue weighted by Gasteiger charge is -2.18. The number of nitrogens with one attached hydrogen (secondary N) is 1. The summed E-state index contributed by atoms with van der Waals surface area (Å²) in [6.07, 6.45) is -4.56. The predicted molar refractivity (Wildman–Crippen MR) is 64.5 cm³/mol. The Labute approximate surface area is 113 Å². The van der Waals surface area contributed by atoms with Gasteiger partial charge in [0.1, 0.15) is 11.9 Å². The molecule has 1 rings (SSSR count). The van der Waals surface area contributed by atoms with E-state index in [2.05, 4.69) is 5.32 Å². The van der Waals surface area contributed by atoms with E-state index in [1.165, 1.54) is 0 Å². The zero-order valence-electron chi connectivity index (χ0n) is 11.0. The minimum atomic E-state index is -4.56. The topological polar surface area (TPSA) is 49.3 Å². The fourth-order valence-electron chi connectivity index (χ4n) is 1.71. The molecule has 0 spiro atoms. The lowest BCUT2D eigenvalue weighted by atomic mass is 10.0. The quantitative estimate of drug-likeness (QED) is 0.820. The van der Waals surface area contributed by atoms with E-state index in [0.29, 0.717) is 12.1 Å². The molecule has 1 atom stereocenters. The third-order valence-corrected chi connectivity index (χ3v) is 2.82. The van der Waals surface area contributed by atoms with Gasteiger partial charge >= 0.3 is 12.1 Å². The first-order valence-electron chi connectivity index (χ1n) is 5.94. The van der Waals surface area contributed by atoms with Crippen LogP contribution in [0.15, 0.2) is 18.2 Å². The van der Waals surface area contributed by atoms with Crippen LogP contribution in [-0.4, -0.2) is 17.1 Å². The minimum absolute atomic E-state index is 0.216. The first-order valence-corrected chi connectivity index (χ1v) is 5.94. The van der Waals surface area contributed by atoms with Crippen molar-refractivity contribution in [1.82, 2.24) is 5.32 Å². The molecule has 0 saturated heterocycles. The molecular formula is C13H15F4NO2. The molecule has 0 bridgehead atoms. The van der Waals surface area contributed by atoms with Crippen molar-refractivity contribution in [1.29, 1.82) is 0 Å². The van der Waals surface area contributed by atoms with E-state index in [1.807, 2.05) is 0 Å². The van der Waals surface area contributed by atoms with Gasteiger partial charge in [0.05, 0.1) is 5.56 Å². The summed E-state index contributed by atoms with van der Waals surface area (Å²) in [7, 11) is 0.